The molecule has 0 aliphatic rings. The topological polar surface area (TPSA) is 66.9 Å². The Morgan fingerprint density at radius 1 is 1.33 bits per heavy atom. The molecule has 2 aromatic rings. The lowest BCUT2D eigenvalue weighted by Crippen LogP contribution is -2.33. The van der Waals surface area contributed by atoms with Crippen LogP contribution in [0.25, 0.3) is 0 Å². The van der Waals surface area contributed by atoms with Crippen LogP contribution < -0.4 is 10.6 Å². The predicted molar refractivity (Wildman–Crippen MR) is 72.8 cm³/mol. The van der Waals surface area contributed by atoms with Gasteiger partial charge in [0, 0.05) is 11.1 Å². The summed E-state index contributed by atoms with van der Waals surface area (Å²) in [6.45, 7) is 0.439. The van der Waals surface area contributed by atoms with Crippen LogP contribution in [0, 0.1) is 6.92 Å². The van der Waals surface area contributed by atoms with Gasteiger partial charge in [-0.1, -0.05) is 6.07 Å². The van der Waals surface area contributed by atoms with Gasteiger partial charge in [-0.2, -0.15) is 13.2 Å². The summed E-state index contributed by atoms with van der Waals surface area (Å²) in [5, 5.41) is 6.41. The molecule has 0 bridgehead atoms. The van der Waals surface area contributed by atoms with E-state index in [0.29, 0.717) is 10.9 Å². The lowest BCUT2D eigenvalue weighted by molar-refractivity contribution is -0.123. The average Bonchev–Trinajstić information content (AvgIpc) is 2.83. The van der Waals surface area contributed by atoms with Crippen LogP contribution in [-0.2, 0) is 0 Å². The highest BCUT2D eigenvalue weighted by molar-refractivity contribution is 7.14. The van der Waals surface area contributed by atoms with Crippen LogP contribution in [0.4, 0.5) is 24.1 Å². The standard InChI is InChI=1S/C12H11F3N4OS/c1-7-3-2-4-9(17-7)19-11-18-8(5-21-11)10(20)16-6-12(13,14)15/h2-5H,6H2,1H3,(H,16,20)(H,17,18,19). The number of pyridine rings is 1. The van der Waals surface area contributed by atoms with Gasteiger partial charge in [-0.05, 0) is 19.1 Å². The number of hydrogen-bond donors (Lipinski definition) is 2. The maximum atomic E-state index is 12.0. The third-order valence-corrected chi connectivity index (χ3v) is 3.07. The van der Waals surface area contributed by atoms with Crippen LogP contribution in [-0.4, -0.2) is 28.6 Å². The van der Waals surface area contributed by atoms with E-state index in [2.05, 4.69) is 15.3 Å². The van der Waals surface area contributed by atoms with E-state index in [-0.39, 0.29) is 5.69 Å². The normalized spacial score (nSPS) is 11.2. The predicted octanol–water partition coefficient (Wildman–Crippen LogP) is 2.88. The lowest BCUT2D eigenvalue weighted by atomic mass is 10.4. The Morgan fingerprint density at radius 3 is 2.76 bits per heavy atom. The number of aryl methyl sites for hydroxylation is 1. The number of hydrogen-bond acceptors (Lipinski definition) is 5. The van der Waals surface area contributed by atoms with Gasteiger partial charge in [-0.3, -0.25) is 4.79 Å². The van der Waals surface area contributed by atoms with Crippen molar-refractivity contribution >= 4 is 28.2 Å². The lowest BCUT2D eigenvalue weighted by Gasteiger charge is -2.06. The van der Waals surface area contributed by atoms with Crippen LogP contribution in [0.2, 0.25) is 0 Å². The molecule has 2 N–H and O–H groups in total. The minimum atomic E-state index is -4.45. The van der Waals surface area contributed by atoms with Gasteiger partial charge in [0.2, 0.25) is 0 Å². The largest absolute Gasteiger partial charge is 0.405 e. The van der Waals surface area contributed by atoms with Crippen LogP contribution in [0.15, 0.2) is 23.6 Å². The second-order valence-corrected chi connectivity index (χ2v) is 4.98. The number of thiazole rings is 1. The number of amides is 1. The molecule has 0 aliphatic carbocycles. The fraction of sp³-hybridized carbons (Fsp3) is 0.250. The van der Waals surface area contributed by atoms with Crippen LogP contribution >= 0.6 is 11.3 Å². The summed E-state index contributed by atoms with van der Waals surface area (Å²) in [5.41, 5.74) is 0.735. The summed E-state index contributed by atoms with van der Waals surface area (Å²) in [4.78, 5) is 19.6. The van der Waals surface area contributed by atoms with E-state index in [1.165, 1.54) is 5.38 Å². The van der Waals surface area contributed by atoms with E-state index in [0.717, 1.165) is 17.0 Å². The number of nitrogens with one attached hydrogen (secondary N) is 2. The molecule has 0 radical (unpaired) electrons. The summed E-state index contributed by atoms with van der Waals surface area (Å²) < 4.78 is 36.0. The van der Waals surface area contributed by atoms with Gasteiger partial charge in [0.1, 0.15) is 18.1 Å². The molecule has 9 heteroatoms. The average molecular weight is 316 g/mol. The van der Waals surface area contributed by atoms with Gasteiger partial charge in [-0.25, -0.2) is 9.97 Å². The maximum Gasteiger partial charge on any atom is 0.405 e. The highest BCUT2D eigenvalue weighted by atomic mass is 32.1. The molecule has 5 nitrogen and oxygen atoms in total. The summed E-state index contributed by atoms with van der Waals surface area (Å²) in [7, 11) is 0. The third-order valence-electron chi connectivity index (χ3n) is 2.31. The number of aromatic nitrogens is 2. The Bertz CT molecular complexity index is 641. The maximum absolute atomic E-state index is 12.0. The molecule has 2 rings (SSSR count). The first kappa shape index (κ1) is 15.2. The van der Waals surface area contributed by atoms with Crippen LogP contribution in [0.1, 0.15) is 16.2 Å². The second kappa shape index (κ2) is 6.08. The van der Waals surface area contributed by atoms with Crippen molar-refractivity contribution in [3.63, 3.8) is 0 Å². The number of carbonyl (C=O) groups excluding carboxylic acids is 1. The third kappa shape index (κ3) is 4.71. The Balaban J connectivity index is 1.99. The number of rotatable bonds is 4. The van der Waals surface area contributed by atoms with E-state index >= 15 is 0 Å². The van der Waals surface area contributed by atoms with Crippen molar-refractivity contribution in [3.05, 3.63) is 35.0 Å². The van der Waals surface area contributed by atoms with Gasteiger partial charge in [0.25, 0.3) is 5.91 Å². The second-order valence-electron chi connectivity index (χ2n) is 4.12. The minimum Gasteiger partial charge on any atom is -0.342 e. The molecule has 1 amide bonds. The van der Waals surface area contributed by atoms with Crippen LogP contribution in [0.3, 0.4) is 0 Å². The molecule has 2 aromatic heterocycles. The zero-order chi connectivity index (χ0) is 15.5. The van der Waals surface area contributed by atoms with Gasteiger partial charge in [0.15, 0.2) is 5.13 Å². The molecule has 0 atom stereocenters. The number of carbonyl (C=O) groups is 1. The van der Waals surface area contributed by atoms with Crippen molar-refractivity contribution in [1.29, 1.82) is 0 Å². The van der Waals surface area contributed by atoms with E-state index in [1.54, 1.807) is 17.4 Å². The van der Waals surface area contributed by atoms with Crippen molar-refractivity contribution < 1.29 is 18.0 Å². The van der Waals surface area contributed by atoms with Gasteiger partial charge < -0.3 is 10.6 Å². The number of halogens is 3. The van der Waals surface area contributed by atoms with Crippen molar-refractivity contribution in [2.24, 2.45) is 0 Å². The molecule has 0 spiro atoms. The van der Waals surface area contributed by atoms with Crippen LogP contribution in [0.5, 0.6) is 0 Å². The number of nitrogens with zero attached hydrogens (tertiary/aromatic N) is 2. The Hall–Kier alpha value is -2.16. The van der Waals surface area contributed by atoms with E-state index in [9.17, 15) is 18.0 Å². The molecule has 0 fully saturated rings. The first-order chi connectivity index (χ1) is 9.83. The summed E-state index contributed by atoms with van der Waals surface area (Å²) in [6, 6.07) is 5.34. The van der Waals surface area contributed by atoms with Crippen molar-refractivity contribution in [2.75, 3.05) is 11.9 Å². The van der Waals surface area contributed by atoms with E-state index in [1.807, 2.05) is 13.0 Å². The molecule has 0 unspecified atom stereocenters. The van der Waals surface area contributed by atoms with Crippen molar-refractivity contribution in [2.45, 2.75) is 13.1 Å². The first-order valence-electron chi connectivity index (χ1n) is 5.85. The van der Waals surface area contributed by atoms with Gasteiger partial charge in [0.05, 0.1) is 0 Å². The number of anilines is 2. The quantitative estimate of drug-likeness (QED) is 0.910. The fourth-order valence-electron chi connectivity index (χ4n) is 1.43. The van der Waals surface area contributed by atoms with Crippen molar-refractivity contribution in [3.8, 4) is 0 Å². The zero-order valence-corrected chi connectivity index (χ0v) is 11.7. The van der Waals surface area contributed by atoms with Gasteiger partial charge >= 0.3 is 6.18 Å². The molecule has 0 aliphatic heterocycles. The van der Waals surface area contributed by atoms with E-state index < -0.39 is 18.6 Å². The fourth-order valence-corrected chi connectivity index (χ4v) is 2.13. The summed E-state index contributed by atoms with van der Waals surface area (Å²) >= 11 is 1.11. The van der Waals surface area contributed by atoms with E-state index in [4.69, 9.17) is 0 Å². The summed E-state index contributed by atoms with van der Waals surface area (Å²) in [5.74, 6) is -0.319. The zero-order valence-electron chi connectivity index (χ0n) is 10.9. The molecule has 112 valence electrons. The molecular formula is C12H11F3N4OS. The summed E-state index contributed by atoms with van der Waals surface area (Å²) in [6.07, 6.45) is -4.45. The molecule has 0 aromatic carbocycles. The molecule has 21 heavy (non-hydrogen) atoms. The molecule has 0 saturated heterocycles. The molecule has 2 heterocycles. The number of alkyl halides is 3. The smallest absolute Gasteiger partial charge is 0.342 e. The SMILES string of the molecule is Cc1cccc(Nc2nc(C(=O)NCC(F)(F)F)cs2)n1. The highest BCUT2D eigenvalue weighted by Crippen LogP contribution is 2.20. The minimum absolute atomic E-state index is 0.0700. The first-order valence-corrected chi connectivity index (χ1v) is 6.72. The van der Waals surface area contributed by atoms with Crippen molar-refractivity contribution in [1.82, 2.24) is 15.3 Å². The monoisotopic (exact) mass is 316 g/mol. The molecular weight excluding hydrogens is 305 g/mol. The Morgan fingerprint density at radius 2 is 2.10 bits per heavy atom. The van der Waals surface area contributed by atoms with Gasteiger partial charge in [-0.15, -0.1) is 11.3 Å². The Kier molecular flexibility index (Phi) is 4.41. The molecule has 0 saturated carbocycles. The Labute approximate surface area is 122 Å². The highest BCUT2D eigenvalue weighted by Gasteiger charge is 2.28.